The molecule has 0 aliphatic heterocycles. The molecule has 12 heteroatoms. The predicted molar refractivity (Wildman–Crippen MR) is 97.7 cm³/mol. The van der Waals surface area contributed by atoms with Gasteiger partial charge in [-0.05, 0) is 26.0 Å². The summed E-state index contributed by atoms with van der Waals surface area (Å²) in [6.07, 6.45) is 2.83. The van der Waals surface area contributed by atoms with Crippen LogP contribution in [-0.2, 0) is 24.2 Å². The summed E-state index contributed by atoms with van der Waals surface area (Å²) in [7, 11) is 0. The van der Waals surface area contributed by atoms with Gasteiger partial charge in [-0.25, -0.2) is 19.5 Å². The van der Waals surface area contributed by atoms with E-state index in [9.17, 15) is 4.57 Å². The van der Waals surface area contributed by atoms with Crippen LogP contribution in [0.5, 0.6) is 5.75 Å². The molecule has 3 rings (SSSR count). The summed E-state index contributed by atoms with van der Waals surface area (Å²) in [6.45, 7) is -0.996. The fraction of sp³-hybridized carbons (Fsp3) is 0.267. The monoisotopic (exact) mass is 413 g/mol. The minimum atomic E-state index is -4.02. The first-order chi connectivity index (χ1) is 12.8. The van der Waals surface area contributed by atoms with E-state index in [-0.39, 0.29) is 5.82 Å². The number of para-hydroxylation sites is 1. The standard InChI is InChI=1S/C15H17ClN5O5P/c1-15(2,21-9-20-12-13(17)18-8-19-14(12)21)23-10-24-27(16,22)26-25-11-6-4-3-5-7-11/h3-9H,10H2,1-2H3,(H2,17,18,19). The molecule has 0 aliphatic carbocycles. The summed E-state index contributed by atoms with van der Waals surface area (Å²) in [5, 5.41) is 0. The number of nitrogens with two attached hydrogens (primary N) is 1. The third-order valence-corrected chi connectivity index (χ3v) is 4.65. The quantitative estimate of drug-likeness (QED) is 0.256. The van der Waals surface area contributed by atoms with Crippen molar-refractivity contribution in [3.8, 4) is 5.75 Å². The summed E-state index contributed by atoms with van der Waals surface area (Å²) in [4.78, 5) is 17.1. The minimum Gasteiger partial charge on any atom is -0.382 e. The van der Waals surface area contributed by atoms with Crippen molar-refractivity contribution in [1.29, 1.82) is 0 Å². The molecule has 0 aliphatic rings. The lowest BCUT2D eigenvalue weighted by Gasteiger charge is -2.27. The molecule has 0 saturated heterocycles. The maximum Gasteiger partial charge on any atom is 0.462 e. The van der Waals surface area contributed by atoms with Crippen LogP contribution in [0.3, 0.4) is 0 Å². The number of aromatic nitrogens is 4. The Labute approximate surface area is 159 Å². The first-order valence-electron chi connectivity index (χ1n) is 7.72. The average Bonchev–Trinajstić information content (AvgIpc) is 3.07. The van der Waals surface area contributed by atoms with Gasteiger partial charge in [0.2, 0.25) is 0 Å². The van der Waals surface area contributed by atoms with Crippen LogP contribution in [0, 0.1) is 0 Å². The Morgan fingerprint density at radius 2 is 1.96 bits per heavy atom. The van der Waals surface area contributed by atoms with Crippen molar-refractivity contribution < 1.29 is 23.4 Å². The van der Waals surface area contributed by atoms with Crippen molar-refractivity contribution >= 4 is 35.2 Å². The Morgan fingerprint density at radius 1 is 1.22 bits per heavy atom. The van der Waals surface area contributed by atoms with Gasteiger partial charge >= 0.3 is 6.95 Å². The van der Waals surface area contributed by atoms with Crippen LogP contribution >= 0.6 is 18.2 Å². The SMILES string of the molecule is CC(C)(OCOP(=O)(Cl)OOc1ccccc1)n1cnc2c(N)ncnc21. The van der Waals surface area contributed by atoms with Gasteiger partial charge in [0.1, 0.15) is 17.6 Å². The Bertz CT molecular complexity index is 968. The van der Waals surface area contributed by atoms with Crippen LogP contribution in [0.4, 0.5) is 5.82 Å². The molecular formula is C15H17ClN5O5P. The van der Waals surface area contributed by atoms with Gasteiger partial charge in [0.25, 0.3) is 0 Å². The van der Waals surface area contributed by atoms with Crippen LogP contribution in [0.25, 0.3) is 11.2 Å². The number of benzene rings is 1. The molecule has 10 nitrogen and oxygen atoms in total. The normalized spacial score (nSPS) is 14.2. The molecule has 0 radical (unpaired) electrons. The molecular weight excluding hydrogens is 397 g/mol. The summed E-state index contributed by atoms with van der Waals surface area (Å²) in [5.74, 6) is 0.577. The molecule has 2 aromatic heterocycles. The van der Waals surface area contributed by atoms with E-state index in [0.29, 0.717) is 16.9 Å². The number of rotatable bonds is 8. The number of hydrogen-bond acceptors (Lipinski definition) is 9. The van der Waals surface area contributed by atoms with E-state index in [1.54, 1.807) is 48.7 Å². The van der Waals surface area contributed by atoms with Crippen LogP contribution in [0.2, 0.25) is 0 Å². The van der Waals surface area contributed by atoms with Crippen LogP contribution in [0.15, 0.2) is 43.0 Å². The van der Waals surface area contributed by atoms with Gasteiger partial charge in [0.15, 0.2) is 24.0 Å². The fourth-order valence-electron chi connectivity index (χ4n) is 2.14. The Kier molecular flexibility index (Phi) is 5.64. The van der Waals surface area contributed by atoms with Gasteiger partial charge < -0.3 is 15.4 Å². The van der Waals surface area contributed by atoms with Crippen molar-refractivity contribution in [2.24, 2.45) is 0 Å². The van der Waals surface area contributed by atoms with Crippen molar-refractivity contribution in [2.75, 3.05) is 12.5 Å². The summed E-state index contributed by atoms with van der Waals surface area (Å²) < 4.78 is 29.0. The molecule has 0 bridgehead atoms. The molecule has 0 spiro atoms. The van der Waals surface area contributed by atoms with Gasteiger partial charge in [-0.15, -0.1) is 0 Å². The second kappa shape index (κ2) is 7.79. The first-order valence-corrected chi connectivity index (χ1v) is 10.2. The average molecular weight is 414 g/mol. The van der Waals surface area contributed by atoms with Gasteiger partial charge in [-0.1, -0.05) is 22.9 Å². The highest BCUT2D eigenvalue weighted by atomic mass is 35.7. The summed E-state index contributed by atoms with van der Waals surface area (Å²) in [6, 6.07) is 8.44. The van der Waals surface area contributed by atoms with Crippen molar-refractivity contribution in [3.05, 3.63) is 43.0 Å². The van der Waals surface area contributed by atoms with E-state index in [0.717, 1.165) is 0 Å². The van der Waals surface area contributed by atoms with E-state index < -0.39 is 19.5 Å². The lowest BCUT2D eigenvalue weighted by Crippen LogP contribution is -2.30. The van der Waals surface area contributed by atoms with Crippen LogP contribution in [-0.4, -0.2) is 26.3 Å². The van der Waals surface area contributed by atoms with Gasteiger partial charge in [0.05, 0.1) is 6.33 Å². The van der Waals surface area contributed by atoms with Crippen molar-refractivity contribution in [1.82, 2.24) is 19.5 Å². The molecule has 0 fully saturated rings. The Hall–Kier alpha value is -2.23. The molecule has 1 aromatic carbocycles. The van der Waals surface area contributed by atoms with Gasteiger partial charge in [0, 0.05) is 11.2 Å². The van der Waals surface area contributed by atoms with E-state index in [2.05, 4.69) is 19.6 Å². The molecule has 2 heterocycles. The number of anilines is 1. The van der Waals surface area contributed by atoms with Gasteiger partial charge in [-0.2, -0.15) is 0 Å². The number of fused-ring (bicyclic) bond motifs is 1. The predicted octanol–water partition coefficient (Wildman–Crippen LogP) is 3.45. The molecule has 2 N–H and O–H groups in total. The highest BCUT2D eigenvalue weighted by Gasteiger charge is 2.28. The summed E-state index contributed by atoms with van der Waals surface area (Å²) >= 11 is 5.71. The lowest BCUT2D eigenvalue weighted by atomic mass is 10.3. The molecule has 0 saturated carbocycles. The topological polar surface area (TPSA) is 124 Å². The van der Waals surface area contributed by atoms with Crippen molar-refractivity contribution in [2.45, 2.75) is 19.6 Å². The zero-order chi connectivity index (χ0) is 19.5. The highest BCUT2D eigenvalue weighted by molar-refractivity contribution is 7.81. The van der Waals surface area contributed by atoms with Crippen LogP contribution < -0.4 is 10.6 Å². The van der Waals surface area contributed by atoms with E-state index in [1.807, 2.05) is 0 Å². The smallest absolute Gasteiger partial charge is 0.382 e. The maximum atomic E-state index is 12.1. The lowest BCUT2D eigenvalue weighted by molar-refractivity contribution is -0.152. The molecule has 27 heavy (non-hydrogen) atoms. The molecule has 3 aromatic rings. The molecule has 144 valence electrons. The number of ether oxygens (including phenoxy) is 1. The second-order valence-electron chi connectivity index (χ2n) is 5.79. The van der Waals surface area contributed by atoms with Crippen LogP contribution in [0.1, 0.15) is 13.8 Å². The largest absolute Gasteiger partial charge is 0.462 e. The van der Waals surface area contributed by atoms with E-state index >= 15 is 0 Å². The van der Waals surface area contributed by atoms with E-state index in [1.165, 1.54) is 12.7 Å². The zero-order valence-corrected chi connectivity index (χ0v) is 16.1. The molecule has 0 amide bonds. The summed E-state index contributed by atoms with van der Waals surface area (Å²) in [5.41, 5.74) is 5.73. The minimum absolute atomic E-state index is 0.252. The molecule has 1 atom stereocenters. The number of halogens is 1. The number of nitrogens with zero attached hydrogens (tertiary/aromatic N) is 4. The van der Waals surface area contributed by atoms with Crippen molar-refractivity contribution in [3.63, 3.8) is 0 Å². The highest BCUT2D eigenvalue weighted by Crippen LogP contribution is 2.53. The third kappa shape index (κ3) is 4.74. The number of hydrogen-bond donors (Lipinski definition) is 1. The first kappa shape index (κ1) is 19.5. The fourth-order valence-corrected chi connectivity index (χ4v) is 2.74. The molecule has 1 unspecified atom stereocenters. The number of nitrogen functional groups attached to an aromatic ring is 1. The second-order valence-corrected chi connectivity index (χ2v) is 8.30. The maximum absolute atomic E-state index is 12.1. The Balaban J connectivity index is 1.59. The number of imidazole rings is 1. The van der Waals surface area contributed by atoms with Gasteiger partial charge in [-0.3, -0.25) is 9.09 Å². The Morgan fingerprint density at radius 3 is 2.70 bits per heavy atom. The van der Waals surface area contributed by atoms with E-state index in [4.69, 9.17) is 31.1 Å². The third-order valence-electron chi connectivity index (χ3n) is 3.53. The zero-order valence-electron chi connectivity index (χ0n) is 14.5.